The Morgan fingerprint density at radius 3 is 2.67 bits per heavy atom. The number of nitrogens with one attached hydrogen (secondary N) is 1. The van der Waals surface area contributed by atoms with Crippen molar-refractivity contribution in [3.63, 3.8) is 0 Å². The molecule has 0 aliphatic heterocycles. The molecular formula is C18H29FN2. The van der Waals surface area contributed by atoms with Gasteiger partial charge in [-0.05, 0) is 36.9 Å². The number of benzene rings is 1. The molecule has 1 fully saturated rings. The number of rotatable bonds is 8. The van der Waals surface area contributed by atoms with Gasteiger partial charge in [-0.2, -0.15) is 0 Å². The lowest BCUT2D eigenvalue weighted by molar-refractivity contribution is 0.176. The largest absolute Gasteiger partial charge is 0.310 e. The Kier molecular flexibility index (Phi) is 6.19. The summed E-state index contributed by atoms with van der Waals surface area (Å²) in [5, 5.41) is 3.39. The van der Waals surface area contributed by atoms with Gasteiger partial charge in [0.15, 0.2) is 0 Å². The van der Waals surface area contributed by atoms with Gasteiger partial charge < -0.3 is 5.32 Å². The summed E-state index contributed by atoms with van der Waals surface area (Å²) in [5.41, 5.74) is 2.00. The fourth-order valence-electron chi connectivity index (χ4n) is 2.77. The molecule has 0 unspecified atom stereocenters. The van der Waals surface area contributed by atoms with Crippen LogP contribution in [-0.2, 0) is 13.1 Å². The van der Waals surface area contributed by atoms with Crippen molar-refractivity contribution in [2.75, 3.05) is 13.1 Å². The average molecular weight is 292 g/mol. The Bertz CT molecular complexity index is 441. The average Bonchev–Trinajstić information content (AvgIpc) is 2.41. The van der Waals surface area contributed by atoms with Gasteiger partial charge in [0, 0.05) is 31.2 Å². The summed E-state index contributed by atoms with van der Waals surface area (Å²) < 4.78 is 14.1. The minimum Gasteiger partial charge on any atom is -0.310 e. The quantitative estimate of drug-likeness (QED) is 0.780. The maximum atomic E-state index is 14.1. The van der Waals surface area contributed by atoms with Crippen LogP contribution in [0.2, 0.25) is 0 Å². The first-order chi connectivity index (χ1) is 10.1. The molecule has 1 N–H and O–H groups in total. The lowest BCUT2D eigenvalue weighted by atomic mass is 9.85. The first kappa shape index (κ1) is 16.4. The van der Waals surface area contributed by atoms with Crippen LogP contribution >= 0.6 is 0 Å². The highest BCUT2D eigenvalue weighted by Crippen LogP contribution is 2.27. The molecule has 118 valence electrons. The van der Waals surface area contributed by atoms with E-state index in [1.165, 1.54) is 24.8 Å². The zero-order valence-electron chi connectivity index (χ0n) is 13.7. The van der Waals surface area contributed by atoms with Crippen molar-refractivity contribution in [3.05, 3.63) is 35.1 Å². The second-order valence-corrected chi connectivity index (χ2v) is 6.59. The van der Waals surface area contributed by atoms with E-state index in [4.69, 9.17) is 0 Å². The van der Waals surface area contributed by atoms with Crippen LogP contribution in [0.5, 0.6) is 0 Å². The molecule has 0 spiro atoms. The van der Waals surface area contributed by atoms with E-state index in [0.717, 1.165) is 37.7 Å². The Balaban J connectivity index is 1.97. The summed E-state index contributed by atoms with van der Waals surface area (Å²) in [5.74, 6) is 0.758. The Morgan fingerprint density at radius 2 is 2.10 bits per heavy atom. The van der Waals surface area contributed by atoms with Crippen LogP contribution in [0.4, 0.5) is 4.39 Å². The molecule has 0 saturated heterocycles. The topological polar surface area (TPSA) is 15.3 Å². The Labute approximate surface area is 128 Å². The number of halogens is 1. The van der Waals surface area contributed by atoms with Gasteiger partial charge in [-0.25, -0.2) is 4.39 Å². The molecule has 0 atom stereocenters. The van der Waals surface area contributed by atoms with Crippen molar-refractivity contribution < 1.29 is 4.39 Å². The molecular weight excluding hydrogens is 263 g/mol. The highest BCUT2D eigenvalue weighted by Gasteiger charge is 2.20. The summed E-state index contributed by atoms with van der Waals surface area (Å²) in [6, 6.07) is 5.97. The van der Waals surface area contributed by atoms with Crippen molar-refractivity contribution in [1.82, 2.24) is 10.2 Å². The van der Waals surface area contributed by atoms with E-state index in [9.17, 15) is 4.39 Å². The monoisotopic (exact) mass is 292 g/mol. The Hall–Kier alpha value is -0.930. The molecule has 1 aromatic carbocycles. The third-order valence-corrected chi connectivity index (χ3v) is 4.41. The molecule has 2 nitrogen and oxygen atoms in total. The van der Waals surface area contributed by atoms with Crippen LogP contribution in [0.25, 0.3) is 0 Å². The van der Waals surface area contributed by atoms with E-state index in [1.807, 2.05) is 12.1 Å². The van der Waals surface area contributed by atoms with Gasteiger partial charge in [-0.3, -0.25) is 4.90 Å². The molecule has 21 heavy (non-hydrogen) atoms. The summed E-state index contributed by atoms with van der Waals surface area (Å²) in [4.78, 5) is 2.38. The zero-order chi connectivity index (χ0) is 15.2. The number of hydrogen-bond donors (Lipinski definition) is 1. The minimum absolute atomic E-state index is 0.0737. The van der Waals surface area contributed by atoms with Crippen molar-refractivity contribution >= 4 is 0 Å². The number of nitrogens with zero attached hydrogens (tertiary/aromatic N) is 1. The summed E-state index contributed by atoms with van der Waals surface area (Å²) in [6.07, 6.45) is 4.06. The van der Waals surface area contributed by atoms with Crippen LogP contribution < -0.4 is 5.32 Å². The molecule has 1 aliphatic rings. The van der Waals surface area contributed by atoms with E-state index in [-0.39, 0.29) is 5.82 Å². The first-order valence-corrected chi connectivity index (χ1v) is 8.31. The number of hydrogen-bond acceptors (Lipinski definition) is 2. The molecule has 3 heteroatoms. The van der Waals surface area contributed by atoms with Crippen molar-refractivity contribution in [3.8, 4) is 0 Å². The second kappa shape index (κ2) is 7.90. The zero-order valence-corrected chi connectivity index (χ0v) is 13.7. The van der Waals surface area contributed by atoms with Gasteiger partial charge in [0.25, 0.3) is 0 Å². The van der Waals surface area contributed by atoms with Crippen molar-refractivity contribution in [2.45, 2.75) is 59.2 Å². The van der Waals surface area contributed by atoms with Crippen LogP contribution in [-0.4, -0.2) is 24.0 Å². The molecule has 1 aromatic rings. The SMILES string of the molecule is CCN(Cc1cc(CNC(C)C)ccc1F)CC1CCC1. The van der Waals surface area contributed by atoms with Gasteiger partial charge in [0.05, 0.1) is 0 Å². The minimum atomic E-state index is -0.0737. The van der Waals surface area contributed by atoms with Crippen LogP contribution in [0.1, 0.15) is 51.2 Å². The van der Waals surface area contributed by atoms with Gasteiger partial charge in [-0.1, -0.05) is 39.3 Å². The van der Waals surface area contributed by atoms with E-state index < -0.39 is 0 Å². The third kappa shape index (κ3) is 5.08. The van der Waals surface area contributed by atoms with Gasteiger partial charge in [-0.15, -0.1) is 0 Å². The predicted octanol–water partition coefficient (Wildman–Crippen LogP) is 3.95. The van der Waals surface area contributed by atoms with Crippen molar-refractivity contribution in [2.24, 2.45) is 5.92 Å². The first-order valence-electron chi connectivity index (χ1n) is 8.31. The summed E-state index contributed by atoms with van der Waals surface area (Å²) >= 11 is 0. The van der Waals surface area contributed by atoms with Crippen LogP contribution in [0.3, 0.4) is 0 Å². The summed E-state index contributed by atoms with van der Waals surface area (Å²) in [6.45, 7) is 10.1. The third-order valence-electron chi connectivity index (χ3n) is 4.41. The molecule has 2 rings (SSSR count). The lowest BCUT2D eigenvalue weighted by Crippen LogP contribution is -2.32. The van der Waals surface area contributed by atoms with E-state index >= 15 is 0 Å². The van der Waals surface area contributed by atoms with Crippen LogP contribution in [0, 0.1) is 11.7 Å². The molecule has 0 heterocycles. The molecule has 0 bridgehead atoms. The standard InChI is InChI=1S/C18H29FN2/c1-4-21(12-15-6-5-7-15)13-17-10-16(8-9-18(17)19)11-20-14(2)3/h8-10,14-15,20H,4-7,11-13H2,1-3H3. The molecule has 1 saturated carbocycles. The summed E-state index contributed by atoms with van der Waals surface area (Å²) in [7, 11) is 0. The van der Waals surface area contributed by atoms with Gasteiger partial charge >= 0.3 is 0 Å². The maximum Gasteiger partial charge on any atom is 0.127 e. The smallest absolute Gasteiger partial charge is 0.127 e. The molecule has 1 aliphatic carbocycles. The highest BCUT2D eigenvalue weighted by molar-refractivity contribution is 5.25. The van der Waals surface area contributed by atoms with Gasteiger partial charge in [0.2, 0.25) is 0 Å². The molecule has 0 radical (unpaired) electrons. The van der Waals surface area contributed by atoms with Crippen LogP contribution in [0.15, 0.2) is 18.2 Å². The fourth-order valence-corrected chi connectivity index (χ4v) is 2.77. The lowest BCUT2D eigenvalue weighted by Gasteiger charge is -2.32. The predicted molar refractivity (Wildman–Crippen MR) is 86.7 cm³/mol. The Morgan fingerprint density at radius 1 is 1.33 bits per heavy atom. The molecule has 0 aromatic heterocycles. The molecule has 0 amide bonds. The van der Waals surface area contributed by atoms with E-state index in [2.05, 4.69) is 31.0 Å². The van der Waals surface area contributed by atoms with E-state index in [0.29, 0.717) is 6.04 Å². The maximum absolute atomic E-state index is 14.1. The highest BCUT2D eigenvalue weighted by atomic mass is 19.1. The van der Waals surface area contributed by atoms with Crippen molar-refractivity contribution in [1.29, 1.82) is 0 Å². The van der Waals surface area contributed by atoms with Gasteiger partial charge in [0.1, 0.15) is 5.82 Å². The van der Waals surface area contributed by atoms with E-state index in [1.54, 1.807) is 6.07 Å². The fraction of sp³-hybridized carbons (Fsp3) is 0.667. The second-order valence-electron chi connectivity index (χ2n) is 6.59. The normalized spacial score (nSPS) is 15.7.